The van der Waals surface area contributed by atoms with Crippen molar-refractivity contribution >= 4 is 11.4 Å². The zero-order valence-electron chi connectivity index (χ0n) is 11.1. The number of aliphatic hydroxyl groups is 1. The molecule has 3 heteroatoms. The van der Waals surface area contributed by atoms with Gasteiger partial charge in [0.1, 0.15) is 0 Å². The largest absolute Gasteiger partial charge is 0.398 e. The molecule has 1 atom stereocenters. The lowest BCUT2D eigenvalue weighted by Crippen LogP contribution is -2.03. The number of aliphatic hydroxyl groups excluding tert-OH is 1. The molecule has 0 radical (unpaired) electrons. The summed E-state index contributed by atoms with van der Waals surface area (Å²) in [5.74, 6) is 0.118. The summed E-state index contributed by atoms with van der Waals surface area (Å²) in [6.45, 7) is 2.13. The highest BCUT2D eigenvalue weighted by Crippen LogP contribution is 2.24. The summed E-state index contributed by atoms with van der Waals surface area (Å²) in [7, 11) is 0. The molecule has 1 unspecified atom stereocenters. The summed E-state index contributed by atoms with van der Waals surface area (Å²) in [5, 5.41) is 9.23. The third-order valence-electron chi connectivity index (χ3n) is 3.45. The van der Waals surface area contributed by atoms with Gasteiger partial charge < -0.3 is 16.6 Å². The van der Waals surface area contributed by atoms with E-state index in [0.717, 1.165) is 28.1 Å². The quantitative estimate of drug-likeness (QED) is 0.736. The van der Waals surface area contributed by atoms with Crippen LogP contribution >= 0.6 is 0 Å². The van der Waals surface area contributed by atoms with Gasteiger partial charge in [0.15, 0.2) is 0 Å². The lowest BCUT2D eigenvalue weighted by molar-refractivity contribution is 0.273. The molecule has 19 heavy (non-hydrogen) atoms. The minimum atomic E-state index is 0.118. The van der Waals surface area contributed by atoms with Crippen LogP contribution in [0.4, 0.5) is 11.4 Å². The highest BCUT2D eigenvalue weighted by molar-refractivity contribution is 5.55. The molecule has 0 aromatic heterocycles. The molecule has 3 nitrogen and oxygen atoms in total. The van der Waals surface area contributed by atoms with Crippen LogP contribution in [0.25, 0.3) is 0 Å². The Hall–Kier alpha value is -2.00. The van der Waals surface area contributed by atoms with E-state index in [1.807, 2.05) is 43.3 Å². The van der Waals surface area contributed by atoms with Crippen LogP contribution in [0.1, 0.15) is 29.5 Å². The third-order valence-corrected chi connectivity index (χ3v) is 3.45. The summed E-state index contributed by atoms with van der Waals surface area (Å²) in [6, 6.07) is 13.7. The molecule has 5 N–H and O–H groups in total. The number of para-hydroxylation sites is 1. The van der Waals surface area contributed by atoms with Crippen molar-refractivity contribution in [3.05, 3.63) is 59.2 Å². The number of anilines is 2. The molecule has 0 heterocycles. The smallest absolute Gasteiger partial charge is 0.0497 e. The Balaban J connectivity index is 2.32. The normalized spacial score (nSPS) is 12.3. The van der Waals surface area contributed by atoms with Crippen LogP contribution < -0.4 is 11.5 Å². The van der Waals surface area contributed by atoms with E-state index in [9.17, 15) is 5.11 Å². The van der Waals surface area contributed by atoms with Gasteiger partial charge in [0, 0.05) is 30.3 Å². The Morgan fingerprint density at radius 2 is 1.68 bits per heavy atom. The van der Waals surface area contributed by atoms with Crippen LogP contribution in [0, 0.1) is 0 Å². The third kappa shape index (κ3) is 3.06. The van der Waals surface area contributed by atoms with E-state index in [1.54, 1.807) is 0 Å². The Bertz CT molecular complexity index is 566. The van der Waals surface area contributed by atoms with Crippen molar-refractivity contribution in [3.8, 4) is 0 Å². The van der Waals surface area contributed by atoms with E-state index in [0.29, 0.717) is 6.42 Å². The fourth-order valence-electron chi connectivity index (χ4n) is 2.09. The van der Waals surface area contributed by atoms with Gasteiger partial charge in [0.2, 0.25) is 0 Å². The summed E-state index contributed by atoms with van der Waals surface area (Å²) in [4.78, 5) is 0. The van der Waals surface area contributed by atoms with Crippen molar-refractivity contribution in [2.45, 2.75) is 19.3 Å². The molecule has 2 aromatic rings. The summed E-state index contributed by atoms with van der Waals surface area (Å²) in [5.41, 5.74) is 16.8. The molecule has 100 valence electrons. The van der Waals surface area contributed by atoms with Crippen LogP contribution in [0.2, 0.25) is 0 Å². The molecule has 0 amide bonds. The van der Waals surface area contributed by atoms with E-state index in [-0.39, 0.29) is 12.5 Å². The maximum atomic E-state index is 9.23. The first-order valence-corrected chi connectivity index (χ1v) is 6.44. The molecule has 0 aliphatic carbocycles. The van der Waals surface area contributed by atoms with Gasteiger partial charge in [-0.25, -0.2) is 0 Å². The van der Waals surface area contributed by atoms with Crippen molar-refractivity contribution in [1.82, 2.24) is 0 Å². The number of rotatable bonds is 4. The first-order chi connectivity index (χ1) is 9.11. The van der Waals surface area contributed by atoms with Gasteiger partial charge in [-0.1, -0.05) is 37.3 Å². The average Bonchev–Trinajstić information content (AvgIpc) is 2.42. The van der Waals surface area contributed by atoms with Crippen LogP contribution in [-0.2, 0) is 6.42 Å². The van der Waals surface area contributed by atoms with Gasteiger partial charge in [-0.2, -0.15) is 0 Å². The maximum Gasteiger partial charge on any atom is 0.0497 e. The Morgan fingerprint density at radius 1 is 1.00 bits per heavy atom. The van der Waals surface area contributed by atoms with Crippen molar-refractivity contribution < 1.29 is 5.11 Å². The molecular weight excluding hydrogens is 236 g/mol. The van der Waals surface area contributed by atoms with Crippen LogP contribution in [0.5, 0.6) is 0 Å². The second kappa shape index (κ2) is 5.76. The van der Waals surface area contributed by atoms with Gasteiger partial charge in [-0.15, -0.1) is 0 Å². The number of nitrogen functional groups attached to an aromatic ring is 2. The fraction of sp³-hybridized carbons (Fsp3) is 0.250. The lowest BCUT2D eigenvalue weighted by Gasteiger charge is -2.13. The van der Waals surface area contributed by atoms with Gasteiger partial charge >= 0.3 is 0 Å². The molecule has 0 saturated heterocycles. The second-order valence-corrected chi connectivity index (χ2v) is 4.92. The standard InChI is InChI=1S/C16H20N2O/c1-11(10-19)12-6-7-16(18)14(8-12)9-13-4-2-3-5-15(13)17/h2-8,11,19H,9-10,17-18H2,1H3. The molecule has 0 spiro atoms. The van der Waals surface area contributed by atoms with E-state index >= 15 is 0 Å². The van der Waals surface area contributed by atoms with Crippen molar-refractivity contribution in [2.24, 2.45) is 0 Å². The SMILES string of the molecule is CC(CO)c1ccc(N)c(Cc2ccccc2N)c1. The molecule has 0 bridgehead atoms. The van der Waals surface area contributed by atoms with Crippen molar-refractivity contribution in [3.63, 3.8) is 0 Å². The van der Waals surface area contributed by atoms with Gasteiger partial charge in [0.05, 0.1) is 0 Å². The first kappa shape index (κ1) is 13.4. The Kier molecular flexibility index (Phi) is 4.07. The monoisotopic (exact) mass is 256 g/mol. The summed E-state index contributed by atoms with van der Waals surface area (Å²) >= 11 is 0. The highest BCUT2D eigenvalue weighted by atomic mass is 16.3. The van der Waals surface area contributed by atoms with Crippen molar-refractivity contribution in [2.75, 3.05) is 18.1 Å². The minimum absolute atomic E-state index is 0.118. The molecule has 2 rings (SSSR count). The molecular formula is C16H20N2O. The van der Waals surface area contributed by atoms with Crippen LogP contribution in [-0.4, -0.2) is 11.7 Å². The lowest BCUT2D eigenvalue weighted by atomic mass is 9.95. The minimum Gasteiger partial charge on any atom is -0.398 e. The Morgan fingerprint density at radius 3 is 2.37 bits per heavy atom. The van der Waals surface area contributed by atoms with Crippen LogP contribution in [0.15, 0.2) is 42.5 Å². The van der Waals surface area contributed by atoms with Gasteiger partial charge in [-0.3, -0.25) is 0 Å². The fourth-order valence-corrected chi connectivity index (χ4v) is 2.09. The summed E-state index contributed by atoms with van der Waals surface area (Å²) in [6.07, 6.45) is 0.713. The van der Waals surface area contributed by atoms with E-state index in [4.69, 9.17) is 11.5 Å². The number of hydrogen-bond donors (Lipinski definition) is 3. The molecule has 0 aliphatic rings. The molecule has 0 fully saturated rings. The zero-order valence-corrected chi connectivity index (χ0v) is 11.1. The number of nitrogens with two attached hydrogens (primary N) is 2. The number of hydrogen-bond acceptors (Lipinski definition) is 3. The van der Waals surface area contributed by atoms with E-state index in [2.05, 4.69) is 6.07 Å². The second-order valence-electron chi connectivity index (χ2n) is 4.92. The number of benzene rings is 2. The van der Waals surface area contributed by atoms with Gasteiger partial charge in [-0.05, 0) is 28.8 Å². The van der Waals surface area contributed by atoms with Gasteiger partial charge in [0.25, 0.3) is 0 Å². The summed E-state index contributed by atoms with van der Waals surface area (Å²) < 4.78 is 0. The molecule has 0 aliphatic heterocycles. The topological polar surface area (TPSA) is 72.3 Å². The maximum absolute atomic E-state index is 9.23. The van der Waals surface area contributed by atoms with E-state index in [1.165, 1.54) is 0 Å². The Labute approximate surface area is 113 Å². The highest BCUT2D eigenvalue weighted by Gasteiger charge is 2.08. The predicted molar refractivity (Wildman–Crippen MR) is 80.0 cm³/mol. The molecule has 2 aromatic carbocycles. The predicted octanol–water partition coefficient (Wildman–Crippen LogP) is 2.54. The van der Waals surface area contributed by atoms with E-state index < -0.39 is 0 Å². The van der Waals surface area contributed by atoms with Crippen LogP contribution in [0.3, 0.4) is 0 Å². The zero-order chi connectivity index (χ0) is 13.8. The molecule has 0 saturated carbocycles. The average molecular weight is 256 g/mol. The first-order valence-electron chi connectivity index (χ1n) is 6.44. The van der Waals surface area contributed by atoms with Crippen molar-refractivity contribution in [1.29, 1.82) is 0 Å².